The number of nitrogens with two attached hydrogens (primary N) is 1. The number of phosphoric acid groups is 3. The van der Waals surface area contributed by atoms with Crippen LogP contribution < -0.4 is 16.4 Å². The van der Waals surface area contributed by atoms with Crippen molar-refractivity contribution in [3.05, 3.63) is 25.3 Å². The largest absolute Gasteiger partial charge is 0.481 e. The number of hydrogen-bond donors (Lipinski definition) is 11. The van der Waals surface area contributed by atoms with Crippen LogP contribution in [0.5, 0.6) is 0 Å². The molecule has 27 nitrogen and oxygen atoms in total. The number of carbonyl (C=O) groups is 3. The molecule has 0 radical (unpaired) electrons. The van der Waals surface area contributed by atoms with E-state index in [-0.39, 0.29) is 42.2 Å². The summed E-state index contributed by atoms with van der Waals surface area (Å²) >= 11 is 0.739. The lowest BCUT2D eigenvalue weighted by Crippen LogP contribution is -2.46. The molecule has 2 amide bonds. The van der Waals surface area contributed by atoms with Crippen molar-refractivity contribution in [2.75, 3.05) is 37.8 Å². The highest BCUT2D eigenvalue weighted by molar-refractivity contribution is 8.13. The third kappa shape index (κ3) is 14.9. The smallest absolute Gasteiger partial charge is 0.386 e. The lowest BCUT2D eigenvalue weighted by molar-refractivity contribution is -0.137. The van der Waals surface area contributed by atoms with E-state index in [1.54, 1.807) is 0 Å². The molecule has 1 aliphatic rings. The summed E-state index contributed by atoms with van der Waals surface area (Å²) in [6.45, 7) is 3.33. The molecule has 328 valence electrons. The maximum absolute atomic E-state index is 12.7. The summed E-state index contributed by atoms with van der Waals surface area (Å²) < 4.78 is 73.3. The molecule has 58 heavy (non-hydrogen) atoms. The molecule has 0 spiro atoms. The Balaban J connectivity index is 1.47. The fraction of sp³-hybridized carbons (Fsp3) is 0.615. The highest BCUT2D eigenvalue weighted by Crippen LogP contribution is 2.61. The van der Waals surface area contributed by atoms with E-state index in [9.17, 15) is 72.2 Å². The van der Waals surface area contributed by atoms with E-state index in [0.29, 0.717) is 0 Å². The van der Waals surface area contributed by atoms with Crippen LogP contribution in [-0.2, 0) is 55.3 Å². The monoisotopic (exact) mass is 929 g/mol. The van der Waals surface area contributed by atoms with Gasteiger partial charge in [0.05, 0.1) is 25.2 Å². The molecule has 0 aromatic carbocycles. The molecular formula is C26H43N7O20P4S. The normalized spacial score (nSPS) is 22.1. The van der Waals surface area contributed by atoms with Gasteiger partial charge in [0.1, 0.15) is 36.3 Å². The van der Waals surface area contributed by atoms with Crippen molar-refractivity contribution in [2.45, 2.75) is 63.0 Å². The van der Waals surface area contributed by atoms with E-state index in [2.05, 4.69) is 41.0 Å². The Labute approximate surface area is 332 Å². The van der Waals surface area contributed by atoms with E-state index < -0.39 is 109 Å². The molecular weight excluding hydrogens is 886 g/mol. The standard InChI is InChI=1S/C26H43N7O20P4S/c1-4-14(54(39,40)41)9-17(35)58-8-7-28-16(34)5-6-29-24(38)21(37)26(2,3)11-50-57(47,48)53-56(45,46)49-10-15-20(52-55(42,43)44)19(36)25(51-15)33-13-32-18-22(27)30-12-31-23(18)33/h4,12-15,19-21,25,36-37H,1,5-11H2,2-3H3,(H,28,34)(H,29,38)(H,45,46)(H,47,48)(H2,27,30,31)(H2,39,40,41)(H2,42,43,44)/t14?,15-,19-,20-,21+,25-/m1/s1. The van der Waals surface area contributed by atoms with Crippen LogP contribution in [-0.4, -0.2) is 138 Å². The number of anilines is 1. The predicted octanol–water partition coefficient (Wildman–Crippen LogP) is -1.21. The number of allylic oxidation sites excluding steroid dienone is 1. The number of amides is 2. The summed E-state index contributed by atoms with van der Waals surface area (Å²) in [6, 6.07) is 0. The molecule has 0 bridgehead atoms. The van der Waals surface area contributed by atoms with E-state index in [1.807, 2.05) is 0 Å². The number of nitrogen functional groups attached to an aromatic ring is 1. The number of carbonyl (C=O) groups excluding carboxylic acids is 3. The molecule has 2 aromatic heterocycles. The maximum Gasteiger partial charge on any atom is 0.481 e. The topological polar surface area (TPSA) is 421 Å². The Morgan fingerprint density at radius 3 is 2.33 bits per heavy atom. The molecule has 0 aliphatic carbocycles. The van der Waals surface area contributed by atoms with Crippen LogP contribution in [0.15, 0.2) is 25.3 Å². The van der Waals surface area contributed by atoms with Gasteiger partial charge in [0, 0.05) is 37.1 Å². The zero-order valence-electron chi connectivity index (χ0n) is 30.4. The van der Waals surface area contributed by atoms with E-state index in [1.165, 1.54) is 13.8 Å². The average Bonchev–Trinajstić information content (AvgIpc) is 3.66. The first kappa shape index (κ1) is 49.8. The number of aliphatic hydroxyl groups is 2. The van der Waals surface area contributed by atoms with Gasteiger partial charge < -0.3 is 60.7 Å². The molecule has 32 heteroatoms. The second-order valence-electron chi connectivity index (χ2n) is 12.9. The molecule has 8 atom stereocenters. The fourth-order valence-corrected chi connectivity index (χ4v) is 9.22. The number of aliphatic hydroxyl groups excluding tert-OH is 2. The predicted molar refractivity (Wildman–Crippen MR) is 198 cm³/mol. The zero-order valence-corrected chi connectivity index (χ0v) is 34.8. The summed E-state index contributed by atoms with van der Waals surface area (Å²) in [5, 5.41) is 25.6. The van der Waals surface area contributed by atoms with Crippen LogP contribution in [0, 0.1) is 5.41 Å². The number of ether oxygens (including phenoxy) is 1. The number of nitrogens with zero attached hydrogens (tertiary/aromatic N) is 4. The first-order valence-electron chi connectivity index (χ1n) is 16.4. The Kier molecular flexibility index (Phi) is 17.5. The number of hydrogen-bond acceptors (Lipinski definition) is 19. The summed E-state index contributed by atoms with van der Waals surface area (Å²) in [6.07, 6.45) is -6.67. The molecule has 2 aromatic rings. The van der Waals surface area contributed by atoms with Gasteiger partial charge in [-0.2, -0.15) is 4.31 Å². The summed E-state index contributed by atoms with van der Waals surface area (Å²) in [5.74, 6) is -1.58. The third-order valence-electron chi connectivity index (χ3n) is 7.84. The summed E-state index contributed by atoms with van der Waals surface area (Å²) in [7, 11) is -21.0. The highest BCUT2D eigenvalue weighted by Gasteiger charge is 2.50. The molecule has 1 fully saturated rings. The van der Waals surface area contributed by atoms with Crippen molar-refractivity contribution >= 4 is 76.7 Å². The molecule has 0 saturated carbocycles. The zero-order chi connectivity index (χ0) is 43.9. The van der Waals surface area contributed by atoms with Crippen molar-refractivity contribution in [3.63, 3.8) is 0 Å². The van der Waals surface area contributed by atoms with E-state index in [0.717, 1.165) is 35.1 Å². The lowest BCUT2D eigenvalue weighted by atomic mass is 9.87. The number of nitrogens with one attached hydrogen (secondary N) is 2. The third-order valence-corrected chi connectivity index (χ3v) is 13.1. The number of rotatable bonds is 23. The van der Waals surface area contributed by atoms with Crippen molar-refractivity contribution in [3.8, 4) is 0 Å². The van der Waals surface area contributed by atoms with Gasteiger partial charge in [-0.1, -0.05) is 31.7 Å². The van der Waals surface area contributed by atoms with Crippen LogP contribution in [0.25, 0.3) is 11.2 Å². The second-order valence-corrected chi connectivity index (χ2v) is 20.1. The van der Waals surface area contributed by atoms with Crippen molar-refractivity contribution < 1.29 is 94.8 Å². The van der Waals surface area contributed by atoms with Gasteiger partial charge in [-0.15, -0.1) is 6.58 Å². The second kappa shape index (κ2) is 20.3. The minimum Gasteiger partial charge on any atom is -0.386 e. The van der Waals surface area contributed by atoms with Gasteiger partial charge in [0.15, 0.2) is 22.8 Å². The summed E-state index contributed by atoms with van der Waals surface area (Å²) in [4.78, 5) is 106. The molecule has 12 N–H and O–H groups in total. The maximum atomic E-state index is 12.7. The number of thioether (sulfide) groups is 1. The van der Waals surface area contributed by atoms with Crippen molar-refractivity contribution in [2.24, 2.45) is 5.41 Å². The molecule has 1 aliphatic heterocycles. The minimum absolute atomic E-state index is 0.000210. The van der Waals surface area contributed by atoms with Crippen molar-refractivity contribution in [1.82, 2.24) is 30.2 Å². The number of phosphoric ester groups is 3. The Hall–Kier alpha value is -2.55. The van der Waals surface area contributed by atoms with Crippen LogP contribution in [0.3, 0.4) is 0 Å². The molecule has 3 heterocycles. The Morgan fingerprint density at radius 2 is 1.71 bits per heavy atom. The van der Waals surface area contributed by atoms with Crippen molar-refractivity contribution in [1.29, 1.82) is 0 Å². The number of imidazole rings is 1. The van der Waals surface area contributed by atoms with Gasteiger partial charge >= 0.3 is 31.1 Å². The molecule has 1 saturated heterocycles. The first-order valence-corrected chi connectivity index (χ1v) is 23.6. The van der Waals surface area contributed by atoms with Crippen LogP contribution in [0.1, 0.15) is 32.9 Å². The number of fused-ring (bicyclic) bond motifs is 1. The van der Waals surface area contributed by atoms with Gasteiger partial charge in [0.2, 0.25) is 11.8 Å². The van der Waals surface area contributed by atoms with Gasteiger partial charge in [-0.05, 0) is 0 Å². The minimum atomic E-state index is -5.60. The van der Waals surface area contributed by atoms with E-state index in [4.69, 9.17) is 19.5 Å². The van der Waals surface area contributed by atoms with Gasteiger partial charge in [0.25, 0.3) is 0 Å². The van der Waals surface area contributed by atoms with Crippen LogP contribution in [0.2, 0.25) is 0 Å². The highest BCUT2D eigenvalue weighted by atomic mass is 32.2. The lowest BCUT2D eigenvalue weighted by Gasteiger charge is -2.30. The molecule has 3 unspecified atom stereocenters. The van der Waals surface area contributed by atoms with Gasteiger partial charge in [-0.25, -0.2) is 28.6 Å². The quantitative estimate of drug-likeness (QED) is 0.0354. The summed E-state index contributed by atoms with van der Waals surface area (Å²) in [5.41, 5.74) is 2.83. The van der Waals surface area contributed by atoms with Gasteiger partial charge in [-0.3, -0.25) is 37.1 Å². The number of aromatic nitrogens is 4. The van der Waals surface area contributed by atoms with Crippen LogP contribution >= 0.6 is 42.8 Å². The Bertz CT molecular complexity index is 2000. The SMILES string of the molecule is C=CC(CC(=O)SCCNC(=O)CCNC(=O)[C@H](O)C(C)(C)COP(=O)(O)OP(=O)(O)OC[C@H]1O[C@@H](n2cnc3c(N)ncnc32)[C@H](O)[C@@H]1OP(=O)(O)O)P(=O)(O)O. The van der Waals surface area contributed by atoms with Crippen LogP contribution in [0.4, 0.5) is 5.82 Å². The average molecular weight is 930 g/mol. The van der Waals surface area contributed by atoms with E-state index >= 15 is 0 Å². The Morgan fingerprint density at radius 1 is 1.05 bits per heavy atom. The fourth-order valence-electron chi connectivity index (χ4n) is 4.86. The first-order chi connectivity index (χ1) is 26.7. The molecule has 3 rings (SSSR count).